The van der Waals surface area contributed by atoms with Gasteiger partial charge in [0.05, 0.1) is 36.8 Å². The van der Waals surface area contributed by atoms with Crippen LogP contribution < -0.4 is 11.1 Å². The van der Waals surface area contributed by atoms with Crippen LogP contribution >= 0.6 is 23.4 Å². The molecule has 2 rings (SSSR count). The molecule has 0 bridgehead atoms. The lowest BCUT2D eigenvalue weighted by molar-refractivity contribution is -0.157. The van der Waals surface area contributed by atoms with Crippen molar-refractivity contribution in [3.05, 3.63) is 23.8 Å². The summed E-state index contributed by atoms with van der Waals surface area (Å²) in [5, 5.41) is 31.1. The number of hydrogen-bond donors (Lipinski definition) is 5. The zero-order chi connectivity index (χ0) is 24.1. The van der Waals surface area contributed by atoms with Crippen LogP contribution in [0.3, 0.4) is 0 Å². The SMILES string of the molecule is CSC(O[C@@H](O)C(N)C(C)Cl)C(O)[C@@H](C)O.O=CC1CC=C(/C=C/C2OCCO2)CCN1. The molecule has 0 aromatic heterocycles. The third-order valence-corrected chi connectivity index (χ3v) is 6.02. The van der Waals surface area contributed by atoms with Crippen molar-refractivity contribution in [2.24, 2.45) is 5.73 Å². The van der Waals surface area contributed by atoms with Crippen LogP contribution in [-0.4, -0.2) is 95.3 Å². The molecule has 6 N–H and O–H groups in total. The summed E-state index contributed by atoms with van der Waals surface area (Å²) in [4.78, 5) is 10.6. The van der Waals surface area contributed by atoms with Crippen molar-refractivity contribution >= 4 is 29.6 Å². The zero-order valence-corrected chi connectivity index (χ0v) is 20.4. The van der Waals surface area contributed by atoms with Crippen LogP contribution in [0, 0.1) is 0 Å². The first-order valence-electron chi connectivity index (χ1n) is 10.6. The van der Waals surface area contributed by atoms with Gasteiger partial charge in [0.2, 0.25) is 0 Å². The van der Waals surface area contributed by atoms with E-state index >= 15 is 0 Å². The predicted octanol–water partition coefficient (Wildman–Crippen LogP) is 0.500. The lowest BCUT2D eigenvalue weighted by Crippen LogP contribution is -2.47. The number of carbonyl (C=O) groups is 1. The summed E-state index contributed by atoms with van der Waals surface area (Å²) in [5.41, 5.74) is 6.06. The Morgan fingerprint density at radius 1 is 1.31 bits per heavy atom. The fourth-order valence-electron chi connectivity index (χ4n) is 2.77. The summed E-state index contributed by atoms with van der Waals surface area (Å²) in [6.45, 7) is 5.25. The van der Waals surface area contributed by atoms with Crippen LogP contribution in [0.25, 0.3) is 0 Å². The normalized spacial score (nSPS) is 25.6. The Bertz CT molecular complexity index is 588. The van der Waals surface area contributed by atoms with Gasteiger partial charge in [-0.2, -0.15) is 0 Å². The second-order valence-corrected chi connectivity index (χ2v) is 9.17. The van der Waals surface area contributed by atoms with Gasteiger partial charge in [-0.05, 0) is 45.6 Å². The maximum absolute atomic E-state index is 10.6. The van der Waals surface area contributed by atoms with Crippen LogP contribution in [-0.2, 0) is 19.0 Å². The second-order valence-electron chi connectivity index (χ2n) is 7.55. The monoisotopic (exact) mass is 496 g/mol. The van der Waals surface area contributed by atoms with Gasteiger partial charge in [0, 0.05) is 0 Å². The molecule has 1 saturated heterocycles. The first kappa shape index (κ1) is 29.5. The summed E-state index contributed by atoms with van der Waals surface area (Å²) in [6.07, 6.45) is 6.90. The first-order chi connectivity index (χ1) is 15.2. The van der Waals surface area contributed by atoms with E-state index in [-0.39, 0.29) is 12.3 Å². The second kappa shape index (κ2) is 16.2. The van der Waals surface area contributed by atoms with Gasteiger partial charge in [0.15, 0.2) is 12.6 Å². The molecule has 186 valence electrons. The molecule has 0 aromatic carbocycles. The average molecular weight is 497 g/mol. The summed E-state index contributed by atoms with van der Waals surface area (Å²) < 4.78 is 15.8. The number of aliphatic hydroxyl groups is 3. The van der Waals surface area contributed by atoms with Crippen molar-refractivity contribution in [2.75, 3.05) is 26.0 Å². The van der Waals surface area contributed by atoms with Crippen LogP contribution in [0.4, 0.5) is 0 Å². The molecule has 0 radical (unpaired) electrons. The number of alkyl halides is 1. The van der Waals surface area contributed by atoms with E-state index in [0.29, 0.717) is 13.2 Å². The molecule has 0 saturated carbocycles. The number of halogens is 1. The summed E-state index contributed by atoms with van der Waals surface area (Å²) in [6, 6.07) is -0.789. The van der Waals surface area contributed by atoms with Crippen molar-refractivity contribution in [3.8, 4) is 0 Å². The number of thioether (sulfide) groups is 1. The topological polar surface area (TPSA) is 144 Å². The van der Waals surface area contributed by atoms with E-state index in [0.717, 1.165) is 25.7 Å². The van der Waals surface area contributed by atoms with E-state index in [2.05, 4.69) is 11.4 Å². The number of ether oxygens (including phenoxy) is 3. The third-order valence-electron chi connectivity index (χ3n) is 4.87. The van der Waals surface area contributed by atoms with Crippen molar-refractivity contribution in [1.82, 2.24) is 5.32 Å². The van der Waals surface area contributed by atoms with Gasteiger partial charge in [0.25, 0.3) is 0 Å². The first-order valence-corrected chi connectivity index (χ1v) is 12.3. The van der Waals surface area contributed by atoms with Gasteiger partial charge in [0.1, 0.15) is 17.8 Å². The minimum Gasteiger partial charge on any atom is -0.391 e. The summed E-state index contributed by atoms with van der Waals surface area (Å²) in [7, 11) is 0. The molecule has 0 aliphatic carbocycles. The number of aliphatic hydroxyl groups excluding tert-OH is 3. The van der Waals surface area contributed by atoms with Crippen LogP contribution in [0.5, 0.6) is 0 Å². The van der Waals surface area contributed by atoms with Crippen molar-refractivity contribution in [3.63, 3.8) is 0 Å². The highest BCUT2D eigenvalue weighted by molar-refractivity contribution is 7.99. The van der Waals surface area contributed by atoms with Crippen molar-refractivity contribution < 1.29 is 34.3 Å². The van der Waals surface area contributed by atoms with Gasteiger partial charge in [-0.15, -0.1) is 23.4 Å². The van der Waals surface area contributed by atoms with E-state index in [1.54, 1.807) is 13.2 Å². The lowest BCUT2D eigenvalue weighted by Gasteiger charge is -2.29. The van der Waals surface area contributed by atoms with E-state index in [4.69, 9.17) is 31.5 Å². The molecule has 9 nitrogen and oxygen atoms in total. The van der Waals surface area contributed by atoms with Crippen molar-refractivity contribution in [2.45, 2.75) is 74.4 Å². The fourth-order valence-corrected chi connectivity index (χ4v) is 3.62. The van der Waals surface area contributed by atoms with Gasteiger partial charge in [-0.25, -0.2) is 0 Å². The van der Waals surface area contributed by atoms with Gasteiger partial charge in [-0.1, -0.05) is 17.7 Å². The van der Waals surface area contributed by atoms with Crippen LogP contribution in [0.15, 0.2) is 23.8 Å². The van der Waals surface area contributed by atoms with Gasteiger partial charge in [-0.3, -0.25) is 0 Å². The van der Waals surface area contributed by atoms with Gasteiger partial charge < -0.3 is 45.4 Å². The minimum atomic E-state index is -1.28. The quantitative estimate of drug-likeness (QED) is 0.165. The standard InChI is InChI=1S/C12H17NO3.C9H20ClNO4S/c14-9-11-3-1-10(5-6-13-11)2-4-12-15-7-8-16-12;1-4(10)6(11)8(14)15-9(16-3)7(13)5(2)12/h1-2,4,9,11-13H,3,5-8H2;4-9,12-14H,11H2,1-3H3/b4-2+;/t;4?,5-,6?,7?,8-,9?/m.1/s1. The molecule has 5 unspecified atom stereocenters. The van der Waals surface area contributed by atoms with Crippen LogP contribution in [0.1, 0.15) is 26.7 Å². The number of nitrogens with two attached hydrogens (primary N) is 1. The number of carbonyl (C=O) groups excluding carboxylic acids is 1. The van der Waals surface area contributed by atoms with Gasteiger partial charge >= 0.3 is 0 Å². The summed E-state index contributed by atoms with van der Waals surface area (Å²) in [5.74, 6) is 0. The molecule has 2 aliphatic rings. The Kier molecular flexibility index (Phi) is 14.9. The average Bonchev–Trinajstić information content (AvgIpc) is 3.19. The molecule has 0 aromatic rings. The maximum Gasteiger partial charge on any atom is 0.177 e. The van der Waals surface area contributed by atoms with E-state index < -0.39 is 35.4 Å². The Hall–Kier alpha value is -0.530. The molecule has 1 fully saturated rings. The maximum atomic E-state index is 10.6. The Morgan fingerprint density at radius 3 is 2.50 bits per heavy atom. The lowest BCUT2D eigenvalue weighted by atomic mass is 10.1. The molecular weight excluding hydrogens is 460 g/mol. The van der Waals surface area contributed by atoms with E-state index in [1.807, 2.05) is 12.2 Å². The molecule has 11 heteroatoms. The highest BCUT2D eigenvalue weighted by Gasteiger charge is 2.29. The Labute approximate surface area is 199 Å². The highest BCUT2D eigenvalue weighted by Crippen LogP contribution is 2.19. The molecule has 7 atom stereocenters. The number of allylic oxidation sites excluding steroid dienone is 1. The largest absolute Gasteiger partial charge is 0.391 e. The molecule has 0 spiro atoms. The smallest absolute Gasteiger partial charge is 0.177 e. The molecule has 2 aliphatic heterocycles. The molecular formula is C21H37ClN2O7S. The molecule has 0 amide bonds. The van der Waals surface area contributed by atoms with E-state index in [1.165, 1.54) is 24.3 Å². The number of nitrogens with one attached hydrogen (secondary N) is 1. The minimum absolute atomic E-state index is 0.0371. The predicted molar refractivity (Wildman–Crippen MR) is 125 cm³/mol. The Morgan fingerprint density at radius 2 is 1.97 bits per heavy atom. The number of hydrogen-bond acceptors (Lipinski definition) is 10. The Balaban J connectivity index is 0.000000320. The molecule has 32 heavy (non-hydrogen) atoms. The van der Waals surface area contributed by atoms with Crippen LogP contribution in [0.2, 0.25) is 0 Å². The number of rotatable bonds is 10. The number of aldehydes is 1. The summed E-state index contributed by atoms with van der Waals surface area (Å²) >= 11 is 6.88. The van der Waals surface area contributed by atoms with Crippen molar-refractivity contribution in [1.29, 1.82) is 0 Å². The highest BCUT2D eigenvalue weighted by atomic mass is 35.5. The molecule has 2 heterocycles. The third kappa shape index (κ3) is 11.1. The zero-order valence-electron chi connectivity index (χ0n) is 18.8. The van der Waals surface area contributed by atoms with E-state index in [9.17, 15) is 20.1 Å². The fraction of sp³-hybridized carbons (Fsp3) is 0.762.